The zero-order valence-corrected chi connectivity index (χ0v) is 10.5. The fourth-order valence-corrected chi connectivity index (χ4v) is 3.42. The highest BCUT2D eigenvalue weighted by Crippen LogP contribution is 2.54. The molecule has 0 aliphatic heterocycles. The third-order valence-electron chi connectivity index (χ3n) is 4.44. The van der Waals surface area contributed by atoms with E-state index in [0.717, 1.165) is 31.1 Å². The Hall–Kier alpha value is -0.330. The first-order valence-corrected chi connectivity index (χ1v) is 6.44. The Morgan fingerprint density at radius 3 is 1.93 bits per heavy atom. The molecular weight excluding hydrogens is 184 g/mol. The minimum Gasteiger partial charge on any atom is -0.299 e. The van der Waals surface area contributed by atoms with Crippen molar-refractivity contribution in [2.24, 2.45) is 29.1 Å². The Bertz CT molecular complexity index is 257. The van der Waals surface area contributed by atoms with Crippen LogP contribution >= 0.6 is 0 Å². The second-order valence-corrected chi connectivity index (χ2v) is 6.76. The van der Waals surface area contributed by atoms with Crippen LogP contribution in [0, 0.1) is 29.1 Å². The van der Waals surface area contributed by atoms with E-state index in [9.17, 15) is 4.79 Å². The third-order valence-corrected chi connectivity index (χ3v) is 4.44. The van der Waals surface area contributed by atoms with E-state index in [1.807, 2.05) is 0 Å². The molecule has 3 unspecified atom stereocenters. The molecule has 0 spiro atoms. The van der Waals surface area contributed by atoms with Crippen molar-refractivity contribution in [1.82, 2.24) is 0 Å². The summed E-state index contributed by atoms with van der Waals surface area (Å²) in [5.74, 6) is 2.86. The SMILES string of the molecule is CC1CC(C)CC(C(=O)C2CC2(C)C)C1. The topological polar surface area (TPSA) is 17.1 Å². The number of ketones is 1. The molecule has 3 atom stereocenters. The highest BCUT2D eigenvalue weighted by molar-refractivity contribution is 5.86. The van der Waals surface area contributed by atoms with Gasteiger partial charge in [0.1, 0.15) is 5.78 Å². The lowest BCUT2D eigenvalue weighted by Crippen LogP contribution is -2.27. The van der Waals surface area contributed by atoms with E-state index in [1.165, 1.54) is 6.42 Å². The Morgan fingerprint density at radius 1 is 1.07 bits per heavy atom. The van der Waals surface area contributed by atoms with Crippen LogP contribution in [0.15, 0.2) is 0 Å². The summed E-state index contributed by atoms with van der Waals surface area (Å²) < 4.78 is 0. The van der Waals surface area contributed by atoms with E-state index in [0.29, 0.717) is 23.0 Å². The zero-order chi connectivity index (χ0) is 11.2. The van der Waals surface area contributed by atoms with Gasteiger partial charge >= 0.3 is 0 Å². The van der Waals surface area contributed by atoms with E-state index in [1.54, 1.807) is 0 Å². The van der Waals surface area contributed by atoms with Crippen molar-refractivity contribution in [3.8, 4) is 0 Å². The lowest BCUT2D eigenvalue weighted by Gasteiger charge is -2.30. The minimum atomic E-state index is 0.320. The van der Waals surface area contributed by atoms with E-state index in [2.05, 4.69) is 27.7 Å². The molecule has 0 saturated heterocycles. The lowest BCUT2D eigenvalue weighted by molar-refractivity contribution is -0.126. The van der Waals surface area contributed by atoms with Gasteiger partial charge in [0.05, 0.1) is 0 Å². The zero-order valence-electron chi connectivity index (χ0n) is 10.5. The van der Waals surface area contributed by atoms with Gasteiger partial charge in [-0.15, -0.1) is 0 Å². The van der Waals surface area contributed by atoms with Crippen LogP contribution in [0.1, 0.15) is 53.4 Å². The Labute approximate surface area is 93.6 Å². The van der Waals surface area contributed by atoms with Crippen LogP contribution in [0.2, 0.25) is 0 Å². The highest BCUT2D eigenvalue weighted by Gasteiger charge is 2.52. The molecule has 2 saturated carbocycles. The summed E-state index contributed by atoms with van der Waals surface area (Å²) in [4.78, 5) is 12.3. The fourth-order valence-electron chi connectivity index (χ4n) is 3.42. The Balaban J connectivity index is 1.96. The van der Waals surface area contributed by atoms with Crippen LogP contribution in [0.3, 0.4) is 0 Å². The molecule has 0 aromatic heterocycles. The maximum absolute atomic E-state index is 12.3. The van der Waals surface area contributed by atoms with E-state index in [-0.39, 0.29) is 0 Å². The van der Waals surface area contributed by atoms with Crippen LogP contribution in [-0.2, 0) is 4.79 Å². The number of carbonyl (C=O) groups excluding carboxylic acids is 1. The number of hydrogen-bond acceptors (Lipinski definition) is 1. The van der Waals surface area contributed by atoms with Crippen LogP contribution in [-0.4, -0.2) is 5.78 Å². The molecule has 0 heterocycles. The lowest BCUT2D eigenvalue weighted by atomic mass is 9.74. The van der Waals surface area contributed by atoms with Gasteiger partial charge in [-0.25, -0.2) is 0 Å². The minimum absolute atomic E-state index is 0.320. The van der Waals surface area contributed by atoms with Gasteiger partial charge in [-0.3, -0.25) is 4.79 Å². The largest absolute Gasteiger partial charge is 0.299 e. The first kappa shape index (κ1) is 11.2. The number of hydrogen-bond donors (Lipinski definition) is 0. The third kappa shape index (κ3) is 2.26. The van der Waals surface area contributed by atoms with Gasteiger partial charge in [-0.2, -0.15) is 0 Å². The number of Topliss-reactive ketones (excluding diaryl/α,β-unsaturated/α-hetero) is 1. The quantitative estimate of drug-likeness (QED) is 0.676. The summed E-state index contributed by atoms with van der Waals surface area (Å²) in [7, 11) is 0. The van der Waals surface area contributed by atoms with Crippen LogP contribution in [0.4, 0.5) is 0 Å². The van der Waals surface area contributed by atoms with Crippen molar-refractivity contribution < 1.29 is 4.79 Å². The van der Waals surface area contributed by atoms with Crippen molar-refractivity contribution in [3.63, 3.8) is 0 Å². The maximum Gasteiger partial charge on any atom is 0.139 e. The molecule has 0 aromatic carbocycles. The Morgan fingerprint density at radius 2 is 1.53 bits per heavy atom. The molecule has 0 radical (unpaired) electrons. The maximum atomic E-state index is 12.3. The van der Waals surface area contributed by atoms with Gasteiger partial charge in [0.25, 0.3) is 0 Å². The van der Waals surface area contributed by atoms with Crippen molar-refractivity contribution in [2.75, 3.05) is 0 Å². The van der Waals surface area contributed by atoms with Gasteiger partial charge in [0.15, 0.2) is 0 Å². The predicted molar refractivity (Wildman–Crippen MR) is 62.6 cm³/mol. The van der Waals surface area contributed by atoms with Gasteiger partial charge in [0, 0.05) is 11.8 Å². The molecule has 2 rings (SSSR count). The average molecular weight is 208 g/mol. The molecule has 2 fully saturated rings. The molecule has 0 N–H and O–H groups in total. The summed E-state index contributed by atoms with van der Waals surface area (Å²) in [5.41, 5.74) is 0.320. The van der Waals surface area contributed by atoms with Crippen molar-refractivity contribution in [1.29, 1.82) is 0 Å². The highest BCUT2D eigenvalue weighted by atomic mass is 16.1. The standard InChI is InChI=1S/C14H24O/c1-9-5-10(2)7-11(6-9)13(15)12-8-14(12,3)4/h9-12H,5-8H2,1-4H3. The summed E-state index contributed by atoms with van der Waals surface area (Å²) in [6.45, 7) is 9.05. The summed E-state index contributed by atoms with van der Waals surface area (Å²) in [5, 5.41) is 0. The molecule has 0 aromatic rings. The van der Waals surface area contributed by atoms with Crippen LogP contribution < -0.4 is 0 Å². The first-order valence-electron chi connectivity index (χ1n) is 6.44. The summed E-state index contributed by atoms with van der Waals surface area (Å²) >= 11 is 0. The number of rotatable bonds is 2. The van der Waals surface area contributed by atoms with E-state index in [4.69, 9.17) is 0 Å². The predicted octanol–water partition coefficient (Wildman–Crippen LogP) is 3.67. The molecule has 0 bridgehead atoms. The van der Waals surface area contributed by atoms with Gasteiger partial charge < -0.3 is 0 Å². The van der Waals surface area contributed by atoms with E-state index < -0.39 is 0 Å². The van der Waals surface area contributed by atoms with Crippen molar-refractivity contribution >= 4 is 5.78 Å². The average Bonchev–Trinajstić information content (AvgIpc) is 2.72. The second kappa shape index (κ2) is 3.61. The normalized spacial score (nSPS) is 43.7. The van der Waals surface area contributed by atoms with Gasteiger partial charge in [0.2, 0.25) is 0 Å². The second-order valence-electron chi connectivity index (χ2n) is 6.76. The molecule has 2 aliphatic carbocycles. The summed E-state index contributed by atoms with van der Waals surface area (Å²) in [6, 6.07) is 0. The number of carbonyl (C=O) groups is 1. The molecule has 1 heteroatoms. The summed E-state index contributed by atoms with van der Waals surface area (Å²) in [6.07, 6.45) is 4.74. The molecule has 86 valence electrons. The Kier molecular flexibility index (Phi) is 2.68. The fraction of sp³-hybridized carbons (Fsp3) is 0.929. The molecular formula is C14H24O. The smallest absolute Gasteiger partial charge is 0.139 e. The van der Waals surface area contributed by atoms with Crippen molar-refractivity contribution in [3.05, 3.63) is 0 Å². The van der Waals surface area contributed by atoms with Crippen molar-refractivity contribution in [2.45, 2.75) is 53.4 Å². The van der Waals surface area contributed by atoms with Crippen LogP contribution in [0.25, 0.3) is 0 Å². The van der Waals surface area contributed by atoms with Gasteiger partial charge in [-0.05, 0) is 42.9 Å². The monoisotopic (exact) mass is 208 g/mol. The molecule has 0 amide bonds. The molecule has 2 aliphatic rings. The molecule has 1 nitrogen and oxygen atoms in total. The van der Waals surface area contributed by atoms with Gasteiger partial charge in [-0.1, -0.05) is 27.7 Å². The van der Waals surface area contributed by atoms with E-state index >= 15 is 0 Å². The molecule has 15 heavy (non-hydrogen) atoms. The first-order chi connectivity index (χ1) is 6.90. The van der Waals surface area contributed by atoms with Crippen LogP contribution in [0.5, 0.6) is 0 Å².